The van der Waals surface area contributed by atoms with Crippen LogP contribution in [-0.2, 0) is 11.9 Å². The van der Waals surface area contributed by atoms with Crippen molar-refractivity contribution in [3.8, 4) is 5.75 Å². The number of amides is 2. The number of hydrogen-bond donors (Lipinski definition) is 4. The number of benzene rings is 3. The molecular formula is C25H16ClF8N3O4. The molecule has 1 heterocycles. The third kappa shape index (κ3) is 5.86. The van der Waals surface area contributed by atoms with Crippen LogP contribution in [0.3, 0.4) is 0 Å². The molecule has 4 N–H and O–H groups in total. The van der Waals surface area contributed by atoms with E-state index < -0.39 is 93.0 Å². The zero-order valence-electron chi connectivity index (χ0n) is 20.3. The predicted octanol–water partition coefficient (Wildman–Crippen LogP) is 5.81. The van der Waals surface area contributed by atoms with Gasteiger partial charge in [0.1, 0.15) is 18.2 Å². The number of halogens is 9. The van der Waals surface area contributed by atoms with Crippen LogP contribution in [0, 0.1) is 11.6 Å². The summed E-state index contributed by atoms with van der Waals surface area (Å²) >= 11 is 6.13. The van der Waals surface area contributed by atoms with Crippen molar-refractivity contribution >= 4 is 34.8 Å². The summed E-state index contributed by atoms with van der Waals surface area (Å²) in [5.41, 5.74) is -7.95. The van der Waals surface area contributed by atoms with E-state index in [-0.39, 0.29) is 11.1 Å². The first kappa shape index (κ1) is 29.9. The molecule has 0 saturated heterocycles. The highest BCUT2D eigenvalue weighted by Gasteiger charge is 2.49. The highest BCUT2D eigenvalue weighted by Crippen LogP contribution is 2.48. The molecule has 0 aromatic heterocycles. The van der Waals surface area contributed by atoms with E-state index in [0.29, 0.717) is 12.1 Å². The number of hydrogen-bond acceptors (Lipinski definition) is 5. The van der Waals surface area contributed by atoms with Gasteiger partial charge in [-0.2, -0.15) is 26.3 Å². The molecule has 0 fully saturated rings. The lowest BCUT2D eigenvalue weighted by atomic mass is 9.91. The van der Waals surface area contributed by atoms with E-state index >= 15 is 0 Å². The summed E-state index contributed by atoms with van der Waals surface area (Å²) < 4.78 is 112. The second-order valence-corrected chi connectivity index (χ2v) is 9.10. The number of carbonyl (C=O) groups is 2. The maximum absolute atomic E-state index is 14.1. The molecule has 4 rings (SSSR count). The molecular weight excluding hydrogens is 594 g/mol. The molecule has 218 valence electrons. The molecule has 41 heavy (non-hydrogen) atoms. The van der Waals surface area contributed by atoms with Gasteiger partial charge in [-0.3, -0.25) is 9.59 Å². The molecule has 7 nitrogen and oxygen atoms in total. The Bertz CT molecular complexity index is 1560. The van der Waals surface area contributed by atoms with Crippen LogP contribution in [0.25, 0.3) is 0 Å². The number of alkyl halides is 6. The van der Waals surface area contributed by atoms with E-state index in [0.717, 1.165) is 31.4 Å². The number of ether oxygens (including phenoxy) is 1. The van der Waals surface area contributed by atoms with Gasteiger partial charge < -0.3 is 25.8 Å². The van der Waals surface area contributed by atoms with Crippen LogP contribution < -0.4 is 20.7 Å². The van der Waals surface area contributed by atoms with Crippen LogP contribution in [0.15, 0.2) is 42.5 Å². The maximum atomic E-state index is 14.1. The predicted molar refractivity (Wildman–Crippen MR) is 129 cm³/mol. The maximum Gasteiger partial charge on any atom is 0.416 e. The Morgan fingerprint density at radius 2 is 1.71 bits per heavy atom. The molecule has 2 amide bonds. The van der Waals surface area contributed by atoms with Crippen molar-refractivity contribution in [1.29, 1.82) is 0 Å². The first-order valence-electron chi connectivity index (χ1n) is 11.2. The normalized spacial score (nSPS) is 16.7. The van der Waals surface area contributed by atoms with Crippen LogP contribution in [-0.4, -0.2) is 36.8 Å². The molecule has 3 aromatic rings. The number of rotatable bonds is 6. The summed E-state index contributed by atoms with van der Waals surface area (Å²) in [7, 11) is 0.984. The van der Waals surface area contributed by atoms with Crippen LogP contribution in [0.4, 0.5) is 46.5 Å². The third-order valence-electron chi connectivity index (χ3n) is 5.90. The van der Waals surface area contributed by atoms with Crippen molar-refractivity contribution < 1.29 is 54.6 Å². The average Bonchev–Trinajstić information content (AvgIpc) is 3.14. The number of fused-ring (bicyclic) bond motifs is 1. The van der Waals surface area contributed by atoms with Gasteiger partial charge in [-0.25, -0.2) is 8.78 Å². The molecule has 0 spiro atoms. The highest BCUT2D eigenvalue weighted by molar-refractivity contribution is 6.31. The smallest absolute Gasteiger partial charge is 0.416 e. The molecule has 1 aliphatic heterocycles. The molecule has 3 aromatic carbocycles. The van der Waals surface area contributed by atoms with Crippen molar-refractivity contribution in [3.63, 3.8) is 0 Å². The second kappa shape index (κ2) is 10.4. The molecule has 1 atom stereocenters. The van der Waals surface area contributed by atoms with Crippen molar-refractivity contribution in [3.05, 3.63) is 86.9 Å². The standard InChI is InChI=1S/C25H16ClF8N3O4/c1-41-20-17(35-9-23(29,30)31)8-16(36-21(38)10-4-11(25(32,33)34)6-13(28)5-10)19-18(20)22(39)37-24(19,40)14-7-12(27)2-3-15(14)26/h2-8,35,40H,9H2,1H3,(H,36,38)(H,37,39). The Hall–Kier alpha value is -4.11. The van der Waals surface area contributed by atoms with Gasteiger partial charge >= 0.3 is 12.4 Å². The minimum absolute atomic E-state index is 0.133. The number of aliphatic hydroxyl groups is 1. The zero-order valence-corrected chi connectivity index (χ0v) is 21.1. The monoisotopic (exact) mass is 609 g/mol. The highest BCUT2D eigenvalue weighted by atomic mass is 35.5. The summed E-state index contributed by atoms with van der Waals surface area (Å²) in [4.78, 5) is 26.1. The fourth-order valence-electron chi connectivity index (χ4n) is 4.24. The van der Waals surface area contributed by atoms with Gasteiger partial charge in [-0.05, 0) is 42.5 Å². The minimum atomic E-state index is -5.04. The van der Waals surface area contributed by atoms with E-state index in [4.69, 9.17) is 16.3 Å². The summed E-state index contributed by atoms with van der Waals surface area (Å²) in [6, 6.07) is 4.36. The molecule has 0 radical (unpaired) electrons. The molecule has 0 bridgehead atoms. The van der Waals surface area contributed by atoms with Gasteiger partial charge in [0.05, 0.1) is 29.6 Å². The zero-order chi connectivity index (χ0) is 30.5. The SMILES string of the molecule is COc1c(NCC(F)(F)F)cc(NC(=O)c2cc(F)cc(C(F)(F)F)c2)c2c1C(=O)NC2(O)c1cc(F)ccc1Cl. The molecule has 1 aliphatic rings. The lowest BCUT2D eigenvalue weighted by Gasteiger charge is -2.28. The molecule has 0 saturated carbocycles. The van der Waals surface area contributed by atoms with Gasteiger partial charge in [-0.15, -0.1) is 0 Å². The van der Waals surface area contributed by atoms with Gasteiger partial charge in [0.2, 0.25) is 0 Å². The van der Waals surface area contributed by atoms with Crippen molar-refractivity contribution in [2.24, 2.45) is 0 Å². The second-order valence-electron chi connectivity index (χ2n) is 8.69. The quantitative estimate of drug-likeness (QED) is 0.265. The third-order valence-corrected chi connectivity index (χ3v) is 6.23. The lowest BCUT2D eigenvalue weighted by Crippen LogP contribution is -2.41. The van der Waals surface area contributed by atoms with E-state index in [1.165, 1.54) is 0 Å². The molecule has 16 heteroatoms. The first-order chi connectivity index (χ1) is 18.9. The Balaban J connectivity index is 1.95. The van der Waals surface area contributed by atoms with Crippen molar-refractivity contribution in [2.75, 3.05) is 24.3 Å². The number of anilines is 2. The van der Waals surface area contributed by atoms with Crippen LogP contribution in [0.1, 0.15) is 37.4 Å². The minimum Gasteiger partial charge on any atom is -0.494 e. The van der Waals surface area contributed by atoms with Gasteiger partial charge in [0.25, 0.3) is 11.8 Å². The summed E-state index contributed by atoms with van der Waals surface area (Å²) in [5, 5.41) is 17.5. The lowest BCUT2D eigenvalue weighted by molar-refractivity contribution is -0.137. The Morgan fingerprint density at radius 1 is 1.02 bits per heavy atom. The summed E-state index contributed by atoms with van der Waals surface area (Å²) in [6.45, 7) is -1.66. The van der Waals surface area contributed by atoms with E-state index in [1.54, 1.807) is 0 Å². The van der Waals surface area contributed by atoms with Crippen LogP contribution >= 0.6 is 11.6 Å². The van der Waals surface area contributed by atoms with Crippen molar-refractivity contribution in [1.82, 2.24) is 5.32 Å². The molecule has 1 unspecified atom stereocenters. The molecule has 0 aliphatic carbocycles. The fourth-order valence-corrected chi connectivity index (χ4v) is 4.49. The summed E-state index contributed by atoms with van der Waals surface area (Å²) in [6.07, 6.45) is -9.82. The van der Waals surface area contributed by atoms with Gasteiger partial charge in [-0.1, -0.05) is 11.6 Å². The fraction of sp³-hybridized carbons (Fsp3) is 0.200. The Morgan fingerprint density at radius 3 is 2.32 bits per heavy atom. The van der Waals surface area contributed by atoms with Crippen LogP contribution in [0.5, 0.6) is 5.75 Å². The topological polar surface area (TPSA) is 99.7 Å². The van der Waals surface area contributed by atoms with Crippen LogP contribution in [0.2, 0.25) is 5.02 Å². The van der Waals surface area contributed by atoms with E-state index in [2.05, 4.69) is 10.6 Å². The Kier molecular flexibility index (Phi) is 7.56. The largest absolute Gasteiger partial charge is 0.494 e. The first-order valence-corrected chi connectivity index (χ1v) is 11.6. The van der Waals surface area contributed by atoms with E-state index in [9.17, 15) is 49.8 Å². The Labute approximate surface area is 230 Å². The average molecular weight is 610 g/mol. The number of nitrogens with one attached hydrogen (secondary N) is 3. The number of carbonyl (C=O) groups excluding carboxylic acids is 2. The van der Waals surface area contributed by atoms with E-state index in [1.807, 2.05) is 5.32 Å². The van der Waals surface area contributed by atoms with Gasteiger partial charge in [0, 0.05) is 21.7 Å². The summed E-state index contributed by atoms with van der Waals surface area (Å²) in [5.74, 6) is -5.46. The van der Waals surface area contributed by atoms with Crippen molar-refractivity contribution in [2.45, 2.75) is 18.1 Å². The number of methoxy groups -OCH3 is 1. The van der Waals surface area contributed by atoms with Gasteiger partial charge in [0.15, 0.2) is 11.5 Å².